The molecule has 0 saturated heterocycles. The number of benzene rings is 1. The zero-order chi connectivity index (χ0) is 11.8. The zero-order valence-electron chi connectivity index (χ0n) is 8.57. The van der Waals surface area contributed by atoms with Gasteiger partial charge in [-0.2, -0.15) is 0 Å². The number of hydrogen-bond acceptors (Lipinski definition) is 3. The Morgan fingerprint density at radius 3 is 2.65 bits per heavy atom. The topological polar surface area (TPSA) is 74.4 Å². The Hall–Kier alpha value is -2.14. The maximum Gasteiger partial charge on any atom is 0.323 e. The highest BCUT2D eigenvalue weighted by Gasteiger charge is 2.08. The van der Waals surface area contributed by atoms with Crippen LogP contribution in [0.3, 0.4) is 0 Å². The van der Waals surface area contributed by atoms with Crippen molar-refractivity contribution in [2.75, 3.05) is 0 Å². The molecule has 5 nitrogen and oxygen atoms in total. The van der Waals surface area contributed by atoms with Gasteiger partial charge in [0, 0.05) is 18.0 Å². The summed E-state index contributed by atoms with van der Waals surface area (Å²) in [6, 6.07) is 5.49. The van der Waals surface area contributed by atoms with Crippen LogP contribution < -0.4 is 5.69 Å². The molecule has 3 aromatic rings. The first-order valence-electron chi connectivity index (χ1n) is 4.93. The lowest BCUT2D eigenvalue weighted by Crippen LogP contribution is -1.99. The molecule has 2 heterocycles. The van der Waals surface area contributed by atoms with Gasteiger partial charge in [-0.1, -0.05) is 17.7 Å². The van der Waals surface area contributed by atoms with E-state index in [4.69, 9.17) is 11.6 Å². The van der Waals surface area contributed by atoms with Crippen LogP contribution in [-0.4, -0.2) is 19.9 Å². The number of aromatic nitrogens is 4. The number of halogens is 1. The molecule has 3 rings (SSSR count). The van der Waals surface area contributed by atoms with Crippen molar-refractivity contribution >= 4 is 22.6 Å². The second-order valence-corrected chi connectivity index (χ2v) is 3.97. The molecule has 0 spiro atoms. The molecular weight excluding hydrogens is 240 g/mol. The monoisotopic (exact) mass is 246 g/mol. The number of H-pyrrole nitrogens is 2. The van der Waals surface area contributed by atoms with E-state index in [1.807, 2.05) is 18.2 Å². The average Bonchev–Trinajstić information content (AvgIpc) is 2.70. The van der Waals surface area contributed by atoms with Crippen LogP contribution in [0.1, 0.15) is 0 Å². The third-order valence-electron chi connectivity index (χ3n) is 2.41. The van der Waals surface area contributed by atoms with E-state index in [9.17, 15) is 4.79 Å². The number of para-hydroxylation sites is 1. The molecule has 2 N–H and O–H groups in total. The van der Waals surface area contributed by atoms with E-state index in [0.717, 1.165) is 11.1 Å². The van der Waals surface area contributed by atoms with Crippen molar-refractivity contribution in [3.63, 3.8) is 0 Å². The van der Waals surface area contributed by atoms with Crippen LogP contribution >= 0.6 is 11.6 Å². The summed E-state index contributed by atoms with van der Waals surface area (Å²) in [5.74, 6) is 0.523. The molecule has 0 fully saturated rings. The fourth-order valence-electron chi connectivity index (χ4n) is 1.70. The molecular formula is C11H7ClN4O. The van der Waals surface area contributed by atoms with E-state index >= 15 is 0 Å². The van der Waals surface area contributed by atoms with Crippen LogP contribution in [0.15, 0.2) is 35.4 Å². The zero-order valence-corrected chi connectivity index (χ0v) is 9.32. The SMILES string of the molecule is O=c1[nH]c2cccc(-c3ncc(Cl)cn3)c2[nH]1. The third kappa shape index (κ3) is 1.70. The highest BCUT2D eigenvalue weighted by atomic mass is 35.5. The van der Waals surface area contributed by atoms with Crippen molar-refractivity contribution in [1.82, 2.24) is 19.9 Å². The summed E-state index contributed by atoms with van der Waals surface area (Å²) in [6.07, 6.45) is 3.04. The molecule has 0 unspecified atom stereocenters. The van der Waals surface area contributed by atoms with Crippen LogP contribution in [0.25, 0.3) is 22.4 Å². The lowest BCUT2D eigenvalue weighted by Gasteiger charge is -2.00. The summed E-state index contributed by atoms with van der Waals surface area (Å²) < 4.78 is 0. The number of hydrogen-bond donors (Lipinski definition) is 2. The summed E-state index contributed by atoms with van der Waals surface area (Å²) in [6.45, 7) is 0. The van der Waals surface area contributed by atoms with Gasteiger partial charge in [0.1, 0.15) is 0 Å². The Morgan fingerprint density at radius 1 is 1.12 bits per heavy atom. The van der Waals surface area contributed by atoms with Crippen molar-refractivity contribution in [2.45, 2.75) is 0 Å². The van der Waals surface area contributed by atoms with Gasteiger partial charge in [-0.3, -0.25) is 0 Å². The normalized spacial score (nSPS) is 10.9. The van der Waals surface area contributed by atoms with E-state index in [1.54, 1.807) is 0 Å². The molecule has 2 aromatic heterocycles. The smallest absolute Gasteiger partial charge is 0.306 e. The van der Waals surface area contributed by atoms with Gasteiger partial charge in [-0.25, -0.2) is 14.8 Å². The Kier molecular flexibility index (Phi) is 2.19. The van der Waals surface area contributed by atoms with Crippen LogP contribution in [0.5, 0.6) is 0 Å². The van der Waals surface area contributed by atoms with E-state index in [-0.39, 0.29) is 5.69 Å². The van der Waals surface area contributed by atoms with E-state index < -0.39 is 0 Å². The van der Waals surface area contributed by atoms with E-state index in [1.165, 1.54) is 12.4 Å². The molecule has 6 heteroatoms. The minimum absolute atomic E-state index is 0.249. The second-order valence-electron chi connectivity index (χ2n) is 3.53. The molecule has 0 aliphatic rings. The Morgan fingerprint density at radius 2 is 1.88 bits per heavy atom. The van der Waals surface area contributed by atoms with Gasteiger partial charge in [0.05, 0.1) is 16.1 Å². The fraction of sp³-hybridized carbons (Fsp3) is 0. The van der Waals surface area contributed by atoms with Gasteiger partial charge < -0.3 is 9.97 Å². The van der Waals surface area contributed by atoms with Gasteiger partial charge in [0.2, 0.25) is 0 Å². The van der Waals surface area contributed by atoms with Crippen LogP contribution in [0.4, 0.5) is 0 Å². The molecule has 0 bridgehead atoms. The van der Waals surface area contributed by atoms with Gasteiger partial charge in [0.25, 0.3) is 0 Å². The van der Waals surface area contributed by atoms with Gasteiger partial charge in [0.15, 0.2) is 5.82 Å². The predicted octanol–water partition coefficient (Wildman–Crippen LogP) is 1.97. The minimum atomic E-state index is -0.249. The average molecular weight is 247 g/mol. The molecule has 84 valence electrons. The highest BCUT2D eigenvalue weighted by molar-refractivity contribution is 6.30. The maximum atomic E-state index is 11.3. The molecule has 0 radical (unpaired) electrons. The molecule has 17 heavy (non-hydrogen) atoms. The highest BCUT2D eigenvalue weighted by Crippen LogP contribution is 2.22. The Labute approximate surface area is 101 Å². The molecule has 0 aliphatic carbocycles. The summed E-state index contributed by atoms with van der Waals surface area (Å²) in [4.78, 5) is 24.9. The van der Waals surface area contributed by atoms with Crippen molar-refractivity contribution < 1.29 is 0 Å². The lowest BCUT2D eigenvalue weighted by molar-refractivity contribution is 1.17. The number of rotatable bonds is 1. The first kappa shape index (κ1) is 10.0. The Bertz CT molecular complexity index is 729. The number of aromatic amines is 2. The first-order chi connectivity index (χ1) is 8.24. The van der Waals surface area contributed by atoms with Crippen LogP contribution in [0, 0.1) is 0 Å². The van der Waals surface area contributed by atoms with E-state index in [0.29, 0.717) is 16.4 Å². The first-order valence-corrected chi connectivity index (χ1v) is 5.31. The third-order valence-corrected chi connectivity index (χ3v) is 2.61. The molecule has 0 saturated carbocycles. The summed E-state index contributed by atoms with van der Waals surface area (Å²) in [5.41, 5.74) is 1.94. The lowest BCUT2D eigenvalue weighted by atomic mass is 10.1. The van der Waals surface area contributed by atoms with Gasteiger partial charge in [-0.15, -0.1) is 0 Å². The molecule has 1 aromatic carbocycles. The second kappa shape index (κ2) is 3.71. The van der Waals surface area contributed by atoms with Crippen LogP contribution in [-0.2, 0) is 0 Å². The maximum absolute atomic E-state index is 11.3. The standard InChI is InChI=1S/C11H7ClN4O/c12-6-4-13-10(14-5-6)7-2-1-3-8-9(7)16-11(17)15-8/h1-5H,(H2,15,16,17). The van der Waals surface area contributed by atoms with Crippen molar-refractivity contribution in [3.8, 4) is 11.4 Å². The van der Waals surface area contributed by atoms with E-state index in [2.05, 4.69) is 19.9 Å². The van der Waals surface area contributed by atoms with Crippen molar-refractivity contribution in [3.05, 3.63) is 46.1 Å². The molecule has 0 atom stereocenters. The Balaban J connectivity index is 2.29. The summed E-state index contributed by atoms with van der Waals surface area (Å²) >= 11 is 5.73. The fourth-order valence-corrected chi connectivity index (χ4v) is 1.79. The van der Waals surface area contributed by atoms with Crippen LogP contribution in [0.2, 0.25) is 5.02 Å². The van der Waals surface area contributed by atoms with Gasteiger partial charge in [-0.05, 0) is 12.1 Å². The number of imidazole rings is 1. The summed E-state index contributed by atoms with van der Waals surface area (Å²) in [7, 11) is 0. The van der Waals surface area contributed by atoms with Crippen molar-refractivity contribution in [1.29, 1.82) is 0 Å². The quantitative estimate of drug-likeness (QED) is 0.689. The summed E-state index contributed by atoms with van der Waals surface area (Å²) in [5, 5.41) is 0.475. The molecule has 0 aliphatic heterocycles. The van der Waals surface area contributed by atoms with Crippen molar-refractivity contribution in [2.24, 2.45) is 0 Å². The largest absolute Gasteiger partial charge is 0.323 e. The minimum Gasteiger partial charge on any atom is -0.306 e. The number of fused-ring (bicyclic) bond motifs is 1. The molecule has 0 amide bonds. The van der Waals surface area contributed by atoms with Gasteiger partial charge >= 0.3 is 5.69 Å². The number of nitrogens with zero attached hydrogens (tertiary/aromatic N) is 2. The predicted molar refractivity (Wildman–Crippen MR) is 65.0 cm³/mol. The number of nitrogens with one attached hydrogen (secondary N) is 2.